The highest BCUT2D eigenvalue weighted by molar-refractivity contribution is 6.11. The molecule has 1 aromatic rings. The molecular weight excluding hydrogens is 336 g/mol. The number of amides is 3. The average molecular weight is 360 g/mol. The van der Waals surface area contributed by atoms with Crippen LogP contribution in [-0.4, -0.2) is 48.9 Å². The van der Waals surface area contributed by atoms with Gasteiger partial charge >= 0.3 is 6.03 Å². The molecule has 3 amide bonds. The third-order valence-electron chi connectivity index (χ3n) is 5.51. The Kier molecular flexibility index (Phi) is 4.89. The summed E-state index contributed by atoms with van der Waals surface area (Å²) in [6.45, 7) is 1.70. The van der Waals surface area contributed by atoms with E-state index in [0.717, 1.165) is 24.2 Å². The van der Waals surface area contributed by atoms with Gasteiger partial charge in [-0.3, -0.25) is 14.5 Å². The Morgan fingerprint density at radius 2 is 1.96 bits per heavy atom. The summed E-state index contributed by atoms with van der Waals surface area (Å²) in [5, 5.41) is 2.86. The molecule has 2 fully saturated rings. The van der Waals surface area contributed by atoms with Crippen LogP contribution < -0.4 is 14.8 Å². The van der Waals surface area contributed by atoms with Gasteiger partial charge in [0.1, 0.15) is 5.54 Å². The number of ether oxygens (including phenoxy) is 2. The van der Waals surface area contributed by atoms with Gasteiger partial charge in [-0.05, 0) is 37.0 Å². The number of urea groups is 1. The molecule has 7 nitrogen and oxygen atoms in total. The Hall–Kier alpha value is -2.57. The number of nitrogens with zero attached hydrogens (tertiary/aromatic N) is 1. The van der Waals surface area contributed by atoms with Crippen LogP contribution in [0.5, 0.6) is 11.5 Å². The molecule has 1 aromatic carbocycles. The van der Waals surface area contributed by atoms with Gasteiger partial charge in [-0.15, -0.1) is 0 Å². The predicted molar refractivity (Wildman–Crippen MR) is 94.5 cm³/mol. The number of benzene rings is 1. The van der Waals surface area contributed by atoms with Crippen LogP contribution in [0, 0.1) is 5.92 Å². The molecular formula is C19H24N2O5. The Morgan fingerprint density at radius 1 is 1.23 bits per heavy atom. The van der Waals surface area contributed by atoms with E-state index < -0.39 is 11.6 Å². The van der Waals surface area contributed by atoms with Crippen molar-refractivity contribution in [1.82, 2.24) is 10.2 Å². The van der Waals surface area contributed by atoms with Crippen molar-refractivity contribution < 1.29 is 23.9 Å². The fraction of sp³-hybridized carbons (Fsp3) is 0.526. The zero-order valence-electron chi connectivity index (χ0n) is 15.3. The van der Waals surface area contributed by atoms with E-state index in [2.05, 4.69) is 5.32 Å². The number of carbonyl (C=O) groups is 3. The monoisotopic (exact) mass is 360 g/mol. The Labute approximate surface area is 152 Å². The molecule has 0 radical (unpaired) electrons. The summed E-state index contributed by atoms with van der Waals surface area (Å²) in [5.41, 5.74) is -0.492. The van der Waals surface area contributed by atoms with Crippen LogP contribution in [0.15, 0.2) is 18.2 Å². The van der Waals surface area contributed by atoms with Crippen molar-refractivity contribution in [3.63, 3.8) is 0 Å². The van der Waals surface area contributed by atoms with E-state index in [-0.39, 0.29) is 24.2 Å². The number of Topliss-reactive ketones (excluding diaryl/α,β-unsaturated/α-hetero) is 1. The van der Waals surface area contributed by atoms with Gasteiger partial charge in [-0.1, -0.05) is 19.8 Å². The molecule has 1 aliphatic heterocycles. The normalized spacial score (nSPS) is 25.3. The molecule has 26 heavy (non-hydrogen) atoms. The number of methoxy groups -OCH3 is 2. The average Bonchev–Trinajstić information content (AvgIpc) is 2.88. The van der Waals surface area contributed by atoms with Gasteiger partial charge in [0.15, 0.2) is 17.3 Å². The molecule has 7 heteroatoms. The van der Waals surface area contributed by atoms with Crippen LogP contribution in [0.25, 0.3) is 0 Å². The molecule has 1 N–H and O–H groups in total. The number of hydrogen-bond donors (Lipinski definition) is 1. The topological polar surface area (TPSA) is 84.9 Å². The third kappa shape index (κ3) is 2.91. The van der Waals surface area contributed by atoms with Gasteiger partial charge in [0.2, 0.25) is 0 Å². The molecule has 0 unspecified atom stereocenters. The number of rotatable bonds is 5. The van der Waals surface area contributed by atoms with E-state index in [4.69, 9.17) is 9.47 Å². The van der Waals surface area contributed by atoms with Gasteiger partial charge in [0, 0.05) is 5.56 Å². The first-order chi connectivity index (χ1) is 12.4. The molecule has 1 spiro atoms. The molecule has 0 aromatic heterocycles. The first kappa shape index (κ1) is 18.2. The van der Waals surface area contributed by atoms with Crippen molar-refractivity contribution in [2.75, 3.05) is 20.8 Å². The van der Waals surface area contributed by atoms with Gasteiger partial charge in [-0.2, -0.15) is 0 Å². The Balaban J connectivity index is 1.79. The van der Waals surface area contributed by atoms with Crippen molar-refractivity contribution in [2.24, 2.45) is 5.92 Å². The maximum Gasteiger partial charge on any atom is 0.325 e. The second kappa shape index (κ2) is 6.97. The molecule has 3 rings (SSSR count). The van der Waals surface area contributed by atoms with Crippen LogP contribution in [0.2, 0.25) is 0 Å². The molecule has 2 aliphatic rings. The van der Waals surface area contributed by atoms with Crippen molar-refractivity contribution in [2.45, 2.75) is 38.1 Å². The van der Waals surface area contributed by atoms with E-state index in [1.165, 1.54) is 14.2 Å². The maximum absolute atomic E-state index is 12.9. The van der Waals surface area contributed by atoms with Crippen LogP contribution in [0.1, 0.15) is 43.0 Å². The minimum Gasteiger partial charge on any atom is -0.493 e. The number of nitrogens with one attached hydrogen (secondary N) is 1. The van der Waals surface area contributed by atoms with Crippen LogP contribution in [-0.2, 0) is 4.79 Å². The zero-order valence-corrected chi connectivity index (χ0v) is 15.3. The highest BCUT2D eigenvalue weighted by Gasteiger charge is 2.55. The fourth-order valence-electron chi connectivity index (χ4n) is 3.88. The summed E-state index contributed by atoms with van der Waals surface area (Å²) in [5.74, 6) is 0.384. The highest BCUT2D eigenvalue weighted by atomic mass is 16.5. The molecule has 1 aliphatic carbocycles. The minimum atomic E-state index is -0.854. The lowest BCUT2D eigenvalue weighted by atomic mass is 9.73. The summed E-state index contributed by atoms with van der Waals surface area (Å²) in [7, 11) is 3.00. The Morgan fingerprint density at radius 3 is 2.62 bits per heavy atom. The van der Waals surface area contributed by atoms with Crippen molar-refractivity contribution in [1.29, 1.82) is 0 Å². The standard InChI is InChI=1S/C19H24N2O5/c1-12-6-4-5-9-19(12)17(23)21(18(24)20-19)11-14(22)13-7-8-15(25-2)16(10-13)26-3/h7-8,10,12H,4-6,9,11H2,1-3H3,(H,20,24)/t12-,19+/m0/s1. The van der Waals surface area contributed by atoms with Crippen LogP contribution in [0.4, 0.5) is 4.79 Å². The van der Waals surface area contributed by atoms with Gasteiger partial charge < -0.3 is 14.8 Å². The summed E-state index contributed by atoms with van der Waals surface area (Å²) in [4.78, 5) is 39.0. The van der Waals surface area contributed by atoms with Crippen molar-refractivity contribution in [3.8, 4) is 11.5 Å². The van der Waals surface area contributed by atoms with E-state index in [1.807, 2.05) is 6.92 Å². The lowest BCUT2D eigenvalue weighted by molar-refractivity contribution is -0.133. The minimum absolute atomic E-state index is 0.0638. The first-order valence-electron chi connectivity index (χ1n) is 8.82. The van der Waals surface area contributed by atoms with E-state index in [1.54, 1.807) is 18.2 Å². The lowest BCUT2D eigenvalue weighted by Crippen LogP contribution is -2.54. The van der Waals surface area contributed by atoms with Crippen molar-refractivity contribution >= 4 is 17.7 Å². The quantitative estimate of drug-likeness (QED) is 0.644. The highest BCUT2D eigenvalue weighted by Crippen LogP contribution is 2.38. The number of imide groups is 1. The zero-order chi connectivity index (χ0) is 18.9. The van der Waals surface area contributed by atoms with E-state index in [0.29, 0.717) is 23.5 Å². The van der Waals surface area contributed by atoms with Gasteiger partial charge in [0.05, 0.1) is 20.8 Å². The largest absolute Gasteiger partial charge is 0.493 e. The van der Waals surface area contributed by atoms with Crippen molar-refractivity contribution in [3.05, 3.63) is 23.8 Å². The van der Waals surface area contributed by atoms with E-state index in [9.17, 15) is 14.4 Å². The third-order valence-corrected chi connectivity index (χ3v) is 5.51. The molecule has 2 atom stereocenters. The maximum atomic E-state index is 12.9. The number of hydrogen-bond acceptors (Lipinski definition) is 5. The Bertz CT molecular complexity index is 747. The summed E-state index contributed by atoms with van der Waals surface area (Å²) >= 11 is 0. The SMILES string of the molecule is COc1ccc(C(=O)CN2C(=O)N[C@@]3(CCCC[C@@H]3C)C2=O)cc1OC. The summed E-state index contributed by atoms with van der Waals surface area (Å²) < 4.78 is 10.4. The molecule has 140 valence electrons. The summed E-state index contributed by atoms with van der Waals surface area (Å²) in [6, 6.07) is 4.29. The van der Waals surface area contributed by atoms with Gasteiger partial charge in [0.25, 0.3) is 5.91 Å². The predicted octanol–water partition coefficient (Wildman–Crippen LogP) is 2.39. The van der Waals surface area contributed by atoms with Gasteiger partial charge in [-0.25, -0.2) is 4.79 Å². The molecule has 1 heterocycles. The first-order valence-corrected chi connectivity index (χ1v) is 8.82. The second-order valence-corrected chi connectivity index (χ2v) is 6.93. The second-order valence-electron chi connectivity index (χ2n) is 6.93. The number of carbonyl (C=O) groups excluding carboxylic acids is 3. The fourth-order valence-corrected chi connectivity index (χ4v) is 3.88. The van der Waals surface area contributed by atoms with Crippen LogP contribution >= 0.6 is 0 Å². The van der Waals surface area contributed by atoms with E-state index >= 15 is 0 Å². The molecule has 1 saturated carbocycles. The smallest absolute Gasteiger partial charge is 0.325 e. The molecule has 1 saturated heterocycles. The number of ketones is 1. The summed E-state index contributed by atoms with van der Waals surface area (Å²) in [6.07, 6.45) is 3.47. The van der Waals surface area contributed by atoms with Crippen LogP contribution in [0.3, 0.4) is 0 Å². The lowest BCUT2D eigenvalue weighted by Gasteiger charge is -2.36. The molecule has 0 bridgehead atoms.